The maximum Gasteiger partial charge on any atom is -0.00630 e. The maximum absolute atomic E-state index is 2.53. The summed E-state index contributed by atoms with van der Waals surface area (Å²) in [7, 11) is 0. The predicted molar refractivity (Wildman–Crippen MR) is 102 cm³/mol. The van der Waals surface area contributed by atoms with Crippen LogP contribution < -0.4 is 0 Å². The lowest BCUT2D eigenvalue weighted by atomic mass is 9.71. The second-order valence-electron chi connectivity index (χ2n) is 7.19. The standard InChI is InChI=1S/C21H21I/c1-21(2)19-12-15(14-6-4-3-5-7-14)8-10-17(19)18-11-9-16(22)13-20(18)21/h3-10,12,18,20H,11,13H2,1-2H3. The summed E-state index contributed by atoms with van der Waals surface area (Å²) in [5.74, 6) is 1.47. The molecule has 0 aromatic heterocycles. The first-order valence-electron chi connectivity index (χ1n) is 8.12. The van der Waals surface area contributed by atoms with Gasteiger partial charge in [-0.05, 0) is 78.5 Å². The Hall–Kier alpha value is -1.09. The van der Waals surface area contributed by atoms with Crippen LogP contribution in [0, 0.1) is 5.92 Å². The molecule has 2 aromatic rings. The number of halogens is 1. The van der Waals surface area contributed by atoms with Gasteiger partial charge in [-0.1, -0.05) is 68.5 Å². The Balaban J connectivity index is 1.82. The fourth-order valence-electron chi connectivity index (χ4n) is 4.40. The van der Waals surface area contributed by atoms with Crippen LogP contribution in [0.2, 0.25) is 0 Å². The zero-order valence-corrected chi connectivity index (χ0v) is 15.3. The van der Waals surface area contributed by atoms with E-state index < -0.39 is 0 Å². The van der Waals surface area contributed by atoms with Gasteiger partial charge in [0.25, 0.3) is 0 Å². The molecular formula is C21H21I. The normalized spacial score (nSPS) is 25.3. The highest BCUT2D eigenvalue weighted by atomic mass is 127. The predicted octanol–water partition coefficient (Wildman–Crippen LogP) is 6.46. The largest absolute Gasteiger partial charge is 0.0746 e. The summed E-state index contributed by atoms with van der Waals surface area (Å²) in [4.78, 5) is 0. The number of hydrogen-bond acceptors (Lipinski definition) is 0. The van der Waals surface area contributed by atoms with Gasteiger partial charge < -0.3 is 0 Å². The molecule has 0 bridgehead atoms. The van der Waals surface area contributed by atoms with Crippen molar-refractivity contribution in [3.8, 4) is 11.1 Å². The summed E-state index contributed by atoms with van der Waals surface area (Å²) in [6, 6.07) is 17.9. The Morgan fingerprint density at radius 3 is 2.55 bits per heavy atom. The minimum absolute atomic E-state index is 0.273. The van der Waals surface area contributed by atoms with E-state index in [9.17, 15) is 0 Å². The van der Waals surface area contributed by atoms with Crippen LogP contribution in [0.4, 0.5) is 0 Å². The SMILES string of the molecule is CC1(C)c2cc(-c3ccccc3)ccc2C2CC=C(I)CC21. The summed E-state index contributed by atoms with van der Waals surface area (Å²) >= 11 is 2.53. The highest BCUT2D eigenvalue weighted by molar-refractivity contribution is 14.1. The van der Waals surface area contributed by atoms with Crippen molar-refractivity contribution >= 4 is 22.6 Å². The molecule has 0 radical (unpaired) electrons. The molecule has 2 aromatic carbocycles. The Labute approximate surface area is 146 Å². The average molecular weight is 400 g/mol. The van der Waals surface area contributed by atoms with Crippen molar-refractivity contribution < 1.29 is 0 Å². The highest BCUT2D eigenvalue weighted by Crippen LogP contribution is 2.57. The van der Waals surface area contributed by atoms with Crippen LogP contribution in [-0.2, 0) is 5.41 Å². The molecule has 0 saturated carbocycles. The summed E-state index contributed by atoms with van der Waals surface area (Å²) in [5, 5.41) is 0. The van der Waals surface area contributed by atoms with E-state index in [0.29, 0.717) is 5.92 Å². The topological polar surface area (TPSA) is 0 Å². The van der Waals surface area contributed by atoms with Crippen LogP contribution in [0.25, 0.3) is 11.1 Å². The van der Waals surface area contributed by atoms with Crippen LogP contribution in [0.3, 0.4) is 0 Å². The summed E-state index contributed by atoms with van der Waals surface area (Å²) in [5.41, 5.74) is 6.12. The van der Waals surface area contributed by atoms with Crippen molar-refractivity contribution in [2.45, 2.75) is 38.0 Å². The smallest absolute Gasteiger partial charge is 0.00630 e. The van der Waals surface area contributed by atoms with E-state index in [1.54, 1.807) is 14.7 Å². The number of allylic oxidation sites excluding steroid dienone is 2. The summed E-state index contributed by atoms with van der Waals surface area (Å²) in [6.45, 7) is 4.89. The molecule has 22 heavy (non-hydrogen) atoms. The number of hydrogen-bond donors (Lipinski definition) is 0. The second kappa shape index (κ2) is 5.23. The summed E-state index contributed by atoms with van der Waals surface area (Å²) < 4.78 is 1.54. The van der Waals surface area contributed by atoms with E-state index in [1.165, 1.54) is 24.0 Å². The molecule has 1 heteroatoms. The number of rotatable bonds is 1. The van der Waals surface area contributed by atoms with Crippen LogP contribution in [0.15, 0.2) is 58.2 Å². The molecule has 0 saturated heterocycles. The highest BCUT2D eigenvalue weighted by Gasteiger charge is 2.46. The molecule has 0 fully saturated rings. The third kappa shape index (κ3) is 2.17. The maximum atomic E-state index is 2.53. The third-order valence-corrected chi connectivity index (χ3v) is 6.56. The first-order chi connectivity index (χ1) is 10.6. The minimum Gasteiger partial charge on any atom is -0.0746 e. The molecule has 2 aliphatic carbocycles. The lowest BCUT2D eigenvalue weighted by molar-refractivity contribution is 0.296. The number of fused-ring (bicyclic) bond motifs is 3. The Bertz CT molecular complexity index is 740. The molecule has 2 aliphatic rings. The zero-order chi connectivity index (χ0) is 15.3. The molecule has 0 nitrogen and oxygen atoms in total. The van der Waals surface area contributed by atoms with Gasteiger partial charge in [0.05, 0.1) is 0 Å². The van der Waals surface area contributed by atoms with Gasteiger partial charge in [0.2, 0.25) is 0 Å². The van der Waals surface area contributed by atoms with Crippen LogP contribution >= 0.6 is 22.6 Å². The van der Waals surface area contributed by atoms with Gasteiger partial charge in [-0.15, -0.1) is 0 Å². The van der Waals surface area contributed by atoms with E-state index in [-0.39, 0.29) is 5.41 Å². The first kappa shape index (κ1) is 14.5. The van der Waals surface area contributed by atoms with Crippen molar-refractivity contribution in [1.29, 1.82) is 0 Å². The fraction of sp³-hybridized carbons (Fsp3) is 0.333. The van der Waals surface area contributed by atoms with Crippen molar-refractivity contribution in [2.75, 3.05) is 0 Å². The average Bonchev–Trinajstić information content (AvgIpc) is 2.76. The van der Waals surface area contributed by atoms with E-state index in [1.807, 2.05) is 0 Å². The quantitative estimate of drug-likeness (QED) is 0.482. The fourth-order valence-corrected chi connectivity index (χ4v) is 5.13. The first-order valence-corrected chi connectivity index (χ1v) is 9.19. The van der Waals surface area contributed by atoms with Crippen LogP contribution in [-0.4, -0.2) is 0 Å². The van der Waals surface area contributed by atoms with E-state index in [0.717, 1.165) is 5.92 Å². The second-order valence-corrected chi connectivity index (χ2v) is 8.58. The van der Waals surface area contributed by atoms with Crippen LogP contribution in [0.5, 0.6) is 0 Å². The van der Waals surface area contributed by atoms with Crippen molar-refractivity contribution in [3.63, 3.8) is 0 Å². The molecule has 0 aliphatic heterocycles. The third-order valence-electron chi connectivity index (χ3n) is 5.67. The van der Waals surface area contributed by atoms with Gasteiger partial charge >= 0.3 is 0 Å². The number of benzene rings is 2. The van der Waals surface area contributed by atoms with Gasteiger partial charge in [-0.3, -0.25) is 0 Å². The lowest BCUT2D eigenvalue weighted by Gasteiger charge is -2.34. The molecule has 2 unspecified atom stereocenters. The molecule has 0 spiro atoms. The van der Waals surface area contributed by atoms with Gasteiger partial charge in [0.15, 0.2) is 0 Å². The van der Waals surface area contributed by atoms with E-state index in [2.05, 4.69) is 91.0 Å². The summed E-state index contributed by atoms with van der Waals surface area (Å²) in [6.07, 6.45) is 4.90. The lowest BCUT2D eigenvalue weighted by Crippen LogP contribution is -2.27. The monoisotopic (exact) mass is 400 g/mol. The van der Waals surface area contributed by atoms with Gasteiger partial charge in [0.1, 0.15) is 0 Å². The molecule has 112 valence electrons. The van der Waals surface area contributed by atoms with Gasteiger partial charge in [-0.25, -0.2) is 0 Å². The van der Waals surface area contributed by atoms with E-state index in [4.69, 9.17) is 0 Å². The zero-order valence-electron chi connectivity index (χ0n) is 13.1. The Morgan fingerprint density at radius 1 is 1.00 bits per heavy atom. The van der Waals surface area contributed by atoms with Gasteiger partial charge in [-0.2, -0.15) is 0 Å². The molecule has 4 rings (SSSR count). The van der Waals surface area contributed by atoms with Crippen molar-refractivity contribution in [3.05, 3.63) is 69.3 Å². The Kier molecular flexibility index (Phi) is 3.44. The molecule has 0 N–H and O–H groups in total. The van der Waals surface area contributed by atoms with Crippen molar-refractivity contribution in [2.24, 2.45) is 5.92 Å². The van der Waals surface area contributed by atoms with E-state index >= 15 is 0 Å². The minimum atomic E-state index is 0.273. The van der Waals surface area contributed by atoms with Crippen molar-refractivity contribution in [1.82, 2.24) is 0 Å². The molecule has 0 amide bonds. The molecule has 2 atom stereocenters. The molecule has 0 heterocycles. The van der Waals surface area contributed by atoms with Gasteiger partial charge in [0, 0.05) is 0 Å². The molecular weight excluding hydrogens is 379 g/mol. The Morgan fingerprint density at radius 2 is 1.77 bits per heavy atom. The van der Waals surface area contributed by atoms with Crippen LogP contribution in [0.1, 0.15) is 43.7 Å².